The number of hydrogen-bond donors (Lipinski definition) is 2. The lowest BCUT2D eigenvalue weighted by Crippen LogP contribution is -2.54. The molecule has 1 unspecified atom stereocenters. The van der Waals surface area contributed by atoms with Crippen LogP contribution in [0.1, 0.15) is 26.2 Å². The fourth-order valence-corrected chi connectivity index (χ4v) is 2.43. The first kappa shape index (κ1) is 14.7. The minimum Gasteiger partial charge on any atom is -0.493 e. The second-order valence-corrected chi connectivity index (χ2v) is 5.24. The van der Waals surface area contributed by atoms with Gasteiger partial charge in [0.1, 0.15) is 0 Å². The van der Waals surface area contributed by atoms with Crippen LogP contribution in [0.4, 0.5) is 5.69 Å². The molecule has 5 heteroatoms. The molecule has 0 radical (unpaired) electrons. The lowest BCUT2D eigenvalue weighted by molar-refractivity contribution is -0.122. The van der Waals surface area contributed by atoms with Crippen molar-refractivity contribution in [1.82, 2.24) is 5.32 Å². The van der Waals surface area contributed by atoms with Gasteiger partial charge in [-0.2, -0.15) is 0 Å². The second kappa shape index (κ2) is 6.13. The van der Waals surface area contributed by atoms with Crippen molar-refractivity contribution in [3.05, 3.63) is 18.2 Å². The van der Waals surface area contributed by atoms with Crippen molar-refractivity contribution in [3.63, 3.8) is 0 Å². The third kappa shape index (κ3) is 3.04. The molecule has 0 aromatic heterocycles. The first-order valence-electron chi connectivity index (χ1n) is 6.87. The zero-order valence-corrected chi connectivity index (χ0v) is 12.3. The number of ether oxygens (including phenoxy) is 2. The smallest absolute Gasteiger partial charge is 0.244 e. The fourth-order valence-electron chi connectivity index (χ4n) is 2.43. The van der Waals surface area contributed by atoms with Gasteiger partial charge in [0.15, 0.2) is 11.5 Å². The van der Waals surface area contributed by atoms with Gasteiger partial charge in [-0.25, -0.2) is 0 Å². The number of benzene rings is 1. The number of nitrogens with one attached hydrogen (secondary N) is 2. The molecule has 1 aliphatic rings. The van der Waals surface area contributed by atoms with Crippen LogP contribution < -0.4 is 20.1 Å². The number of carbonyl (C=O) groups is 1. The summed E-state index contributed by atoms with van der Waals surface area (Å²) >= 11 is 0. The summed E-state index contributed by atoms with van der Waals surface area (Å²) in [6.07, 6.45) is 3.05. The maximum absolute atomic E-state index is 12.4. The monoisotopic (exact) mass is 278 g/mol. The van der Waals surface area contributed by atoms with E-state index in [0.717, 1.165) is 25.8 Å². The Morgan fingerprint density at radius 1 is 1.25 bits per heavy atom. The van der Waals surface area contributed by atoms with Crippen LogP contribution >= 0.6 is 0 Å². The molecule has 1 saturated heterocycles. The van der Waals surface area contributed by atoms with Gasteiger partial charge >= 0.3 is 0 Å². The van der Waals surface area contributed by atoms with E-state index in [4.69, 9.17) is 9.47 Å². The highest BCUT2D eigenvalue weighted by Gasteiger charge is 2.34. The van der Waals surface area contributed by atoms with Crippen molar-refractivity contribution >= 4 is 11.6 Å². The van der Waals surface area contributed by atoms with E-state index in [-0.39, 0.29) is 5.91 Å². The number of anilines is 1. The number of hydrogen-bond acceptors (Lipinski definition) is 4. The molecule has 20 heavy (non-hydrogen) atoms. The summed E-state index contributed by atoms with van der Waals surface area (Å²) in [7, 11) is 3.16. The molecule has 2 rings (SSSR count). The van der Waals surface area contributed by atoms with E-state index < -0.39 is 5.54 Å². The van der Waals surface area contributed by atoms with Gasteiger partial charge in [0.05, 0.1) is 19.8 Å². The molecule has 5 nitrogen and oxygen atoms in total. The SMILES string of the molecule is COc1ccc(NC(=O)C2(C)CCCCN2)cc1OC. The summed E-state index contributed by atoms with van der Waals surface area (Å²) in [6, 6.07) is 5.36. The third-order valence-corrected chi connectivity index (χ3v) is 3.76. The van der Waals surface area contributed by atoms with Gasteiger partial charge in [-0.3, -0.25) is 4.79 Å². The summed E-state index contributed by atoms with van der Waals surface area (Å²) in [4.78, 5) is 12.4. The van der Waals surface area contributed by atoms with E-state index in [0.29, 0.717) is 17.2 Å². The molecular weight excluding hydrogens is 256 g/mol. The van der Waals surface area contributed by atoms with Crippen molar-refractivity contribution in [2.45, 2.75) is 31.7 Å². The maximum Gasteiger partial charge on any atom is 0.244 e. The zero-order valence-electron chi connectivity index (χ0n) is 12.3. The lowest BCUT2D eigenvalue weighted by atomic mass is 9.90. The normalized spacial score (nSPS) is 22.1. The number of methoxy groups -OCH3 is 2. The van der Waals surface area contributed by atoms with E-state index in [1.807, 2.05) is 13.0 Å². The van der Waals surface area contributed by atoms with Gasteiger partial charge in [-0.1, -0.05) is 0 Å². The molecule has 0 spiro atoms. The van der Waals surface area contributed by atoms with Gasteiger partial charge in [0.25, 0.3) is 0 Å². The molecule has 1 fully saturated rings. The average molecular weight is 278 g/mol. The van der Waals surface area contributed by atoms with E-state index in [1.165, 1.54) is 0 Å². The third-order valence-electron chi connectivity index (χ3n) is 3.76. The lowest BCUT2D eigenvalue weighted by Gasteiger charge is -2.33. The van der Waals surface area contributed by atoms with Crippen LogP contribution in [0.3, 0.4) is 0 Å². The zero-order chi connectivity index (χ0) is 14.6. The molecular formula is C15H22N2O3. The number of carbonyl (C=O) groups excluding carboxylic acids is 1. The maximum atomic E-state index is 12.4. The van der Waals surface area contributed by atoms with Crippen LogP contribution in [0, 0.1) is 0 Å². The van der Waals surface area contributed by atoms with Crippen LogP contribution in [-0.2, 0) is 4.79 Å². The van der Waals surface area contributed by atoms with E-state index in [1.54, 1.807) is 26.4 Å². The Bertz CT molecular complexity index is 482. The molecule has 1 aromatic carbocycles. The summed E-state index contributed by atoms with van der Waals surface area (Å²) < 4.78 is 10.4. The van der Waals surface area contributed by atoms with Crippen LogP contribution in [0.2, 0.25) is 0 Å². The molecule has 1 amide bonds. The number of amides is 1. The second-order valence-electron chi connectivity index (χ2n) is 5.24. The molecule has 110 valence electrons. The van der Waals surface area contributed by atoms with E-state index in [2.05, 4.69) is 10.6 Å². The van der Waals surface area contributed by atoms with E-state index in [9.17, 15) is 4.79 Å². The molecule has 1 atom stereocenters. The van der Waals surface area contributed by atoms with Crippen molar-refractivity contribution in [2.24, 2.45) is 0 Å². The number of rotatable bonds is 4. The quantitative estimate of drug-likeness (QED) is 0.886. The molecule has 2 N–H and O–H groups in total. The molecule has 1 aliphatic heterocycles. The standard InChI is InChI=1S/C15H22N2O3/c1-15(8-4-5-9-16-15)14(18)17-11-6-7-12(19-2)13(10-11)20-3/h6-7,10,16H,4-5,8-9H2,1-3H3,(H,17,18). The first-order chi connectivity index (χ1) is 9.59. The van der Waals surface area contributed by atoms with E-state index >= 15 is 0 Å². The highest BCUT2D eigenvalue weighted by atomic mass is 16.5. The van der Waals surface area contributed by atoms with Gasteiger partial charge in [-0.05, 0) is 44.9 Å². The van der Waals surface area contributed by atoms with Crippen molar-refractivity contribution in [1.29, 1.82) is 0 Å². The highest BCUT2D eigenvalue weighted by Crippen LogP contribution is 2.30. The van der Waals surface area contributed by atoms with Gasteiger partial charge < -0.3 is 20.1 Å². The Balaban J connectivity index is 2.11. The summed E-state index contributed by atoms with van der Waals surface area (Å²) in [5.74, 6) is 1.24. The first-order valence-corrected chi connectivity index (χ1v) is 6.87. The summed E-state index contributed by atoms with van der Waals surface area (Å²) in [6.45, 7) is 2.83. The topological polar surface area (TPSA) is 59.6 Å². The van der Waals surface area contributed by atoms with Crippen molar-refractivity contribution in [3.8, 4) is 11.5 Å². The van der Waals surface area contributed by atoms with Crippen molar-refractivity contribution in [2.75, 3.05) is 26.1 Å². The fraction of sp³-hybridized carbons (Fsp3) is 0.533. The van der Waals surface area contributed by atoms with Gasteiger partial charge in [0, 0.05) is 11.8 Å². The Hall–Kier alpha value is -1.75. The summed E-state index contributed by atoms with van der Waals surface area (Å²) in [5, 5.41) is 6.24. The number of piperidine rings is 1. The minimum absolute atomic E-state index is 0.00980. The molecule has 1 heterocycles. The van der Waals surface area contributed by atoms with Gasteiger partial charge in [-0.15, -0.1) is 0 Å². The van der Waals surface area contributed by atoms with Crippen LogP contribution in [0.25, 0.3) is 0 Å². The largest absolute Gasteiger partial charge is 0.493 e. The Kier molecular flexibility index (Phi) is 4.49. The van der Waals surface area contributed by atoms with Crippen LogP contribution in [0.15, 0.2) is 18.2 Å². The van der Waals surface area contributed by atoms with Gasteiger partial charge in [0.2, 0.25) is 5.91 Å². The Morgan fingerprint density at radius 2 is 2.00 bits per heavy atom. The van der Waals surface area contributed by atoms with Crippen LogP contribution in [0.5, 0.6) is 11.5 Å². The highest BCUT2D eigenvalue weighted by molar-refractivity contribution is 5.98. The Labute approximate surface area is 119 Å². The molecule has 0 aliphatic carbocycles. The van der Waals surface area contributed by atoms with Crippen molar-refractivity contribution < 1.29 is 14.3 Å². The van der Waals surface area contributed by atoms with Crippen LogP contribution in [-0.4, -0.2) is 32.2 Å². The Morgan fingerprint density at radius 3 is 2.60 bits per heavy atom. The average Bonchev–Trinajstić information content (AvgIpc) is 2.47. The molecule has 0 saturated carbocycles. The minimum atomic E-state index is -0.495. The summed E-state index contributed by atoms with van der Waals surface area (Å²) in [5.41, 5.74) is 0.215. The molecule has 0 bridgehead atoms. The predicted octanol–water partition coefficient (Wildman–Crippen LogP) is 2.17. The molecule has 1 aromatic rings. The predicted molar refractivity (Wildman–Crippen MR) is 78.4 cm³/mol.